The minimum atomic E-state index is 0. The first-order valence-electron chi connectivity index (χ1n) is 7.99. The number of aliphatic imine (C=N–C) groups is 1. The summed E-state index contributed by atoms with van der Waals surface area (Å²) in [4.78, 5) is 6.97. The average Bonchev–Trinajstić information content (AvgIpc) is 2.55. The van der Waals surface area contributed by atoms with Crippen LogP contribution in [-0.4, -0.2) is 37.0 Å². The topological polar surface area (TPSA) is 39.7 Å². The summed E-state index contributed by atoms with van der Waals surface area (Å²) >= 11 is 0. The maximum absolute atomic E-state index is 5.27. The zero-order chi connectivity index (χ0) is 16.2. The second kappa shape index (κ2) is 13.2. The van der Waals surface area contributed by atoms with Crippen LogP contribution in [0.4, 0.5) is 0 Å². The first-order valence-corrected chi connectivity index (χ1v) is 7.99. The molecule has 0 spiro atoms. The van der Waals surface area contributed by atoms with E-state index in [1.165, 1.54) is 11.1 Å². The molecule has 0 unspecified atom stereocenters. The van der Waals surface area contributed by atoms with Crippen molar-refractivity contribution in [2.75, 3.05) is 26.2 Å². The van der Waals surface area contributed by atoms with E-state index in [0.29, 0.717) is 13.1 Å². The number of hydrogen-bond acceptors (Lipinski definition) is 2. The van der Waals surface area contributed by atoms with Gasteiger partial charge in [-0.25, -0.2) is 4.99 Å². The normalized spacial score (nSPS) is 10.8. The lowest BCUT2D eigenvalue weighted by molar-refractivity contribution is 0.296. The van der Waals surface area contributed by atoms with Crippen molar-refractivity contribution in [3.8, 4) is 12.3 Å². The zero-order valence-electron chi connectivity index (χ0n) is 14.4. The molecule has 0 radical (unpaired) electrons. The summed E-state index contributed by atoms with van der Waals surface area (Å²) in [7, 11) is 0. The summed E-state index contributed by atoms with van der Waals surface area (Å²) in [5.41, 5.74) is 2.54. The highest BCUT2D eigenvalue weighted by atomic mass is 127. The maximum Gasteiger partial charge on any atom is 0.192 e. The number of terminal acetylenes is 1. The Hall–Kier alpha value is -1.26. The van der Waals surface area contributed by atoms with Gasteiger partial charge >= 0.3 is 0 Å². The van der Waals surface area contributed by atoms with Crippen LogP contribution in [0.25, 0.3) is 0 Å². The fraction of sp³-hybridized carbons (Fsp3) is 0.500. The Morgan fingerprint density at radius 2 is 1.87 bits per heavy atom. The van der Waals surface area contributed by atoms with Crippen molar-refractivity contribution in [3.63, 3.8) is 0 Å². The Kier molecular flexibility index (Phi) is 12.5. The third kappa shape index (κ3) is 8.82. The van der Waals surface area contributed by atoms with Crippen LogP contribution in [0.15, 0.2) is 29.3 Å². The summed E-state index contributed by atoms with van der Waals surface area (Å²) in [5.74, 6) is 3.32. The summed E-state index contributed by atoms with van der Waals surface area (Å²) in [6.45, 7) is 11.5. The zero-order valence-corrected chi connectivity index (χ0v) is 16.8. The van der Waals surface area contributed by atoms with E-state index in [2.05, 4.69) is 64.6 Å². The van der Waals surface area contributed by atoms with Crippen LogP contribution in [0, 0.1) is 12.3 Å². The van der Waals surface area contributed by atoms with Crippen LogP contribution in [0.5, 0.6) is 0 Å². The first-order chi connectivity index (χ1) is 10.7. The van der Waals surface area contributed by atoms with E-state index < -0.39 is 0 Å². The van der Waals surface area contributed by atoms with Crippen LogP contribution >= 0.6 is 24.0 Å². The highest BCUT2D eigenvalue weighted by Crippen LogP contribution is 2.09. The van der Waals surface area contributed by atoms with Gasteiger partial charge in [0.2, 0.25) is 0 Å². The van der Waals surface area contributed by atoms with Crippen LogP contribution < -0.4 is 10.6 Å². The van der Waals surface area contributed by atoms with E-state index in [0.717, 1.165) is 32.1 Å². The van der Waals surface area contributed by atoms with Gasteiger partial charge in [0.15, 0.2) is 5.96 Å². The number of guanidine groups is 1. The SMILES string of the molecule is C#CCNC(=NCc1cccc(CN(CC)CC)c1)NCC.I. The van der Waals surface area contributed by atoms with Crippen molar-refractivity contribution in [2.24, 2.45) is 4.99 Å². The van der Waals surface area contributed by atoms with Gasteiger partial charge in [0.1, 0.15) is 0 Å². The van der Waals surface area contributed by atoms with Crippen LogP contribution in [-0.2, 0) is 13.1 Å². The number of rotatable bonds is 8. The van der Waals surface area contributed by atoms with Gasteiger partial charge in [0.25, 0.3) is 0 Å². The standard InChI is InChI=1S/C18H28N4.HI/c1-5-12-20-18(19-6-2)21-14-16-10-9-11-17(13-16)15-22(7-3)8-4;/h1,9-11,13H,6-8,12,14-15H2,2-4H3,(H2,19,20,21);1H. The fourth-order valence-electron chi connectivity index (χ4n) is 2.18. The number of hydrogen-bond donors (Lipinski definition) is 2. The lowest BCUT2D eigenvalue weighted by atomic mass is 10.1. The molecule has 0 saturated carbocycles. The van der Waals surface area contributed by atoms with Gasteiger partial charge < -0.3 is 10.6 Å². The molecule has 1 aromatic rings. The molecule has 0 fully saturated rings. The summed E-state index contributed by atoms with van der Waals surface area (Å²) in [6, 6.07) is 8.62. The van der Waals surface area contributed by atoms with Gasteiger partial charge in [-0.2, -0.15) is 0 Å². The van der Waals surface area contributed by atoms with Crippen molar-refractivity contribution in [1.82, 2.24) is 15.5 Å². The molecule has 0 saturated heterocycles. The van der Waals surface area contributed by atoms with Gasteiger partial charge in [0, 0.05) is 13.1 Å². The van der Waals surface area contributed by atoms with Gasteiger partial charge in [-0.05, 0) is 31.1 Å². The molecule has 0 aliphatic carbocycles. The van der Waals surface area contributed by atoms with Gasteiger partial charge in [-0.15, -0.1) is 30.4 Å². The smallest absolute Gasteiger partial charge is 0.192 e. The minimum Gasteiger partial charge on any atom is -0.357 e. The molecule has 0 aromatic heterocycles. The Bertz CT molecular complexity index is 504. The molecule has 2 N–H and O–H groups in total. The third-order valence-corrected chi connectivity index (χ3v) is 3.41. The molecule has 23 heavy (non-hydrogen) atoms. The van der Waals surface area contributed by atoms with Crippen molar-refractivity contribution in [1.29, 1.82) is 0 Å². The second-order valence-corrected chi connectivity index (χ2v) is 5.03. The van der Waals surface area contributed by atoms with Gasteiger partial charge in [0.05, 0.1) is 13.1 Å². The van der Waals surface area contributed by atoms with Crippen LogP contribution in [0.1, 0.15) is 31.9 Å². The molecule has 128 valence electrons. The second-order valence-electron chi connectivity index (χ2n) is 5.03. The highest BCUT2D eigenvalue weighted by Gasteiger charge is 2.02. The lowest BCUT2D eigenvalue weighted by Crippen LogP contribution is -2.37. The average molecular weight is 428 g/mol. The van der Waals surface area contributed by atoms with E-state index in [-0.39, 0.29) is 24.0 Å². The molecule has 0 amide bonds. The predicted molar refractivity (Wildman–Crippen MR) is 110 cm³/mol. The van der Waals surface area contributed by atoms with Crippen LogP contribution in [0.3, 0.4) is 0 Å². The molecule has 1 aromatic carbocycles. The van der Waals surface area contributed by atoms with E-state index in [1.54, 1.807) is 0 Å². The maximum atomic E-state index is 5.27. The van der Waals surface area contributed by atoms with E-state index in [4.69, 9.17) is 6.42 Å². The van der Waals surface area contributed by atoms with Gasteiger partial charge in [-0.3, -0.25) is 4.90 Å². The first kappa shape index (κ1) is 21.7. The van der Waals surface area contributed by atoms with Crippen molar-refractivity contribution in [2.45, 2.75) is 33.9 Å². The number of nitrogens with one attached hydrogen (secondary N) is 2. The summed E-state index contributed by atoms with van der Waals surface area (Å²) < 4.78 is 0. The summed E-state index contributed by atoms with van der Waals surface area (Å²) in [6.07, 6.45) is 5.27. The molecular formula is C18H29IN4. The number of benzene rings is 1. The summed E-state index contributed by atoms with van der Waals surface area (Å²) in [5, 5.41) is 6.29. The largest absolute Gasteiger partial charge is 0.357 e. The lowest BCUT2D eigenvalue weighted by Gasteiger charge is -2.18. The van der Waals surface area contributed by atoms with Crippen molar-refractivity contribution in [3.05, 3.63) is 35.4 Å². The molecule has 0 heterocycles. The van der Waals surface area contributed by atoms with Crippen molar-refractivity contribution < 1.29 is 0 Å². The molecule has 0 aliphatic heterocycles. The number of nitrogens with zero attached hydrogens (tertiary/aromatic N) is 2. The fourth-order valence-corrected chi connectivity index (χ4v) is 2.18. The minimum absolute atomic E-state index is 0. The van der Waals surface area contributed by atoms with E-state index in [1.807, 2.05) is 6.92 Å². The Labute approximate surface area is 158 Å². The quantitative estimate of drug-likeness (QED) is 0.290. The molecule has 4 nitrogen and oxygen atoms in total. The predicted octanol–water partition coefficient (Wildman–Crippen LogP) is 2.83. The molecule has 0 atom stereocenters. The van der Waals surface area contributed by atoms with Crippen molar-refractivity contribution >= 4 is 29.9 Å². The Balaban J connectivity index is 0.00000484. The molecule has 0 bridgehead atoms. The van der Waals surface area contributed by atoms with E-state index >= 15 is 0 Å². The highest BCUT2D eigenvalue weighted by molar-refractivity contribution is 14.0. The molecule has 0 aliphatic rings. The van der Waals surface area contributed by atoms with E-state index in [9.17, 15) is 0 Å². The van der Waals surface area contributed by atoms with Crippen LogP contribution in [0.2, 0.25) is 0 Å². The Morgan fingerprint density at radius 1 is 1.17 bits per heavy atom. The van der Waals surface area contributed by atoms with Gasteiger partial charge in [-0.1, -0.05) is 44.0 Å². The molecule has 1 rings (SSSR count). The molecular weight excluding hydrogens is 399 g/mol. The Morgan fingerprint density at radius 3 is 2.48 bits per heavy atom. The third-order valence-electron chi connectivity index (χ3n) is 3.41. The molecule has 5 heteroatoms. The number of halogens is 1. The monoisotopic (exact) mass is 428 g/mol.